The summed E-state index contributed by atoms with van der Waals surface area (Å²) in [5, 5.41) is 0.461. The van der Waals surface area contributed by atoms with Gasteiger partial charge in [-0.2, -0.15) is 0 Å². The number of hydrogen-bond donors (Lipinski definition) is 0. The number of carbonyl (C=O) groups excluding carboxylic acids is 3. The van der Waals surface area contributed by atoms with Crippen molar-refractivity contribution in [1.82, 2.24) is 14.5 Å². The normalized spacial score (nSPS) is 16.2. The molecule has 2 aliphatic heterocycles. The van der Waals surface area contributed by atoms with Crippen molar-refractivity contribution in [3.63, 3.8) is 0 Å². The third-order valence-corrected chi connectivity index (χ3v) is 5.85. The number of piperidine rings is 1. The van der Waals surface area contributed by atoms with Crippen LogP contribution in [0, 0.1) is 5.92 Å². The van der Waals surface area contributed by atoms with Gasteiger partial charge < -0.3 is 14.4 Å². The molecule has 1 aromatic heterocycles. The molecule has 0 atom stereocenters. The summed E-state index contributed by atoms with van der Waals surface area (Å²) in [5.41, 5.74) is 0.606. The lowest BCUT2D eigenvalue weighted by Gasteiger charge is -2.30. The molecule has 164 valence electrons. The second-order valence-corrected chi connectivity index (χ2v) is 7.80. The van der Waals surface area contributed by atoms with Gasteiger partial charge in [-0.1, -0.05) is 0 Å². The van der Waals surface area contributed by atoms with Crippen molar-refractivity contribution in [1.29, 1.82) is 0 Å². The third kappa shape index (κ3) is 4.30. The first-order valence-corrected chi connectivity index (χ1v) is 10.6. The average Bonchev–Trinajstić information content (AvgIpc) is 3.26. The van der Waals surface area contributed by atoms with Crippen LogP contribution in [-0.4, -0.2) is 58.6 Å². The van der Waals surface area contributed by atoms with Crippen LogP contribution in [0.1, 0.15) is 42.4 Å². The highest BCUT2D eigenvalue weighted by Crippen LogP contribution is 2.19. The van der Waals surface area contributed by atoms with Gasteiger partial charge in [-0.05, 0) is 44.4 Å². The molecule has 31 heavy (non-hydrogen) atoms. The Kier molecular flexibility index (Phi) is 6.01. The number of aryl methyl sites for hydroxylation is 1. The predicted octanol–water partition coefficient (Wildman–Crippen LogP) is 1.30. The molecular formula is C22H25N3O6. The first kappa shape index (κ1) is 21.0. The van der Waals surface area contributed by atoms with E-state index in [9.17, 15) is 19.2 Å². The van der Waals surface area contributed by atoms with Crippen LogP contribution in [0.15, 0.2) is 23.0 Å². The van der Waals surface area contributed by atoms with Crippen molar-refractivity contribution in [2.24, 2.45) is 5.92 Å². The molecule has 3 heterocycles. The molecule has 1 saturated heterocycles. The lowest BCUT2D eigenvalue weighted by molar-refractivity contribution is -0.151. The highest BCUT2D eigenvalue weighted by molar-refractivity contribution is 5.95. The summed E-state index contributed by atoms with van der Waals surface area (Å²) in [4.78, 5) is 55.3. The molecule has 1 fully saturated rings. The number of rotatable bonds is 5. The minimum atomic E-state index is -0.640. The van der Waals surface area contributed by atoms with Crippen molar-refractivity contribution in [3.05, 3.63) is 39.9 Å². The van der Waals surface area contributed by atoms with Crippen molar-refractivity contribution >= 4 is 28.7 Å². The standard InChI is InChI=1S/C22H25N3O6/c1-2-30-21(28)14-7-10-24(11-8-14)19(26)13-31-22(29)15-5-6-16-17(12-15)23-18-4-3-9-25(18)20(16)27/h5-6,12,14H,2-4,7-11,13H2,1H3. The van der Waals surface area contributed by atoms with Gasteiger partial charge in [-0.15, -0.1) is 0 Å². The number of aromatic nitrogens is 2. The maximum Gasteiger partial charge on any atom is 0.338 e. The summed E-state index contributed by atoms with van der Waals surface area (Å²) < 4.78 is 11.9. The smallest absolute Gasteiger partial charge is 0.338 e. The Bertz CT molecular complexity index is 1080. The van der Waals surface area contributed by atoms with Crippen LogP contribution in [0.4, 0.5) is 0 Å². The number of nitrogens with zero attached hydrogens (tertiary/aromatic N) is 3. The third-order valence-electron chi connectivity index (χ3n) is 5.85. The topological polar surface area (TPSA) is 108 Å². The molecule has 0 saturated carbocycles. The van der Waals surface area contributed by atoms with E-state index in [1.165, 1.54) is 12.1 Å². The zero-order valence-electron chi connectivity index (χ0n) is 17.5. The number of fused-ring (bicyclic) bond motifs is 2. The number of hydrogen-bond acceptors (Lipinski definition) is 7. The van der Waals surface area contributed by atoms with E-state index >= 15 is 0 Å². The van der Waals surface area contributed by atoms with Crippen LogP contribution in [0.2, 0.25) is 0 Å². The summed E-state index contributed by atoms with van der Waals surface area (Å²) in [7, 11) is 0. The second kappa shape index (κ2) is 8.87. The minimum Gasteiger partial charge on any atom is -0.466 e. The van der Waals surface area contributed by atoms with Gasteiger partial charge in [-0.3, -0.25) is 19.0 Å². The number of carbonyl (C=O) groups is 3. The van der Waals surface area contributed by atoms with Crippen LogP contribution in [0.25, 0.3) is 10.9 Å². The Labute approximate surface area is 178 Å². The number of likely N-dealkylation sites (tertiary alicyclic amines) is 1. The molecule has 9 nitrogen and oxygen atoms in total. The second-order valence-electron chi connectivity index (χ2n) is 7.80. The van der Waals surface area contributed by atoms with Gasteiger partial charge >= 0.3 is 11.9 Å². The summed E-state index contributed by atoms with van der Waals surface area (Å²) in [5.74, 6) is -0.632. The number of amides is 1. The molecule has 4 rings (SSSR count). The van der Waals surface area contributed by atoms with Gasteiger partial charge in [0.25, 0.3) is 11.5 Å². The molecule has 0 N–H and O–H groups in total. The lowest BCUT2D eigenvalue weighted by atomic mass is 9.97. The molecule has 0 radical (unpaired) electrons. The van der Waals surface area contributed by atoms with Gasteiger partial charge in [-0.25, -0.2) is 9.78 Å². The van der Waals surface area contributed by atoms with E-state index in [4.69, 9.17) is 9.47 Å². The summed E-state index contributed by atoms with van der Waals surface area (Å²) in [6.45, 7) is 3.25. The first-order valence-electron chi connectivity index (χ1n) is 10.6. The minimum absolute atomic E-state index is 0.0983. The summed E-state index contributed by atoms with van der Waals surface area (Å²) >= 11 is 0. The van der Waals surface area contributed by atoms with E-state index in [2.05, 4.69) is 4.98 Å². The van der Waals surface area contributed by atoms with Crippen molar-refractivity contribution in [2.45, 2.75) is 39.2 Å². The largest absolute Gasteiger partial charge is 0.466 e. The van der Waals surface area contributed by atoms with Crippen LogP contribution >= 0.6 is 0 Å². The Morgan fingerprint density at radius 1 is 1.13 bits per heavy atom. The molecule has 0 aliphatic carbocycles. The Morgan fingerprint density at radius 3 is 2.65 bits per heavy atom. The van der Waals surface area contributed by atoms with Gasteiger partial charge in [0.05, 0.1) is 29.0 Å². The lowest BCUT2D eigenvalue weighted by Crippen LogP contribution is -2.42. The zero-order valence-corrected chi connectivity index (χ0v) is 17.5. The van der Waals surface area contributed by atoms with Crippen LogP contribution in [0.5, 0.6) is 0 Å². The molecule has 1 amide bonds. The maximum absolute atomic E-state index is 12.5. The van der Waals surface area contributed by atoms with Gasteiger partial charge in [0.1, 0.15) is 5.82 Å². The monoisotopic (exact) mass is 427 g/mol. The molecule has 0 spiro atoms. The van der Waals surface area contributed by atoms with E-state index in [1.807, 2.05) is 0 Å². The van der Waals surface area contributed by atoms with Gasteiger partial charge in [0.2, 0.25) is 0 Å². The Balaban J connectivity index is 1.35. The predicted molar refractivity (Wildman–Crippen MR) is 111 cm³/mol. The summed E-state index contributed by atoms with van der Waals surface area (Å²) in [6, 6.07) is 4.63. The van der Waals surface area contributed by atoms with Crippen molar-refractivity contribution in [3.8, 4) is 0 Å². The average molecular weight is 427 g/mol. The van der Waals surface area contributed by atoms with Crippen molar-refractivity contribution < 1.29 is 23.9 Å². The fourth-order valence-electron chi connectivity index (χ4n) is 4.14. The molecular weight excluding hydrogens is 402 g/mol. The highest BCUT2D eigenvalue weighted by Gasteiger charge is 2.28. The zero-order chi connectivity index (χ0) is 22.0. The molecule has 9 heteroatoms. The van der Waals surface area contributed by atoms with Crippen molar-refractivity contribution in [2.75, 3.05) is 26.3 Å². The van der Waals surface area contributed by atoms with E-state index < -0.39 is 5.97 Å². The molecule has 2 aliphatic rings. The van der Waals surface area contributed by atoms with E-state index in [0.717, 1.165) is 18.7 Å². The van der Waals surface area contributed by atoms with E-state index in [0.29, 0.717) is 50.0 Å². The molecule has 0 unspecified atom stereocenters. The number of benzene rings is 1. The highest BCUT2D eigenvalue weighted by atomic mass is 16.5. The molecule has 2 aromatic rings. The van der Waals surface area contributed by atoms with Crippen LogP contribution < -0.4 is 5.56 Å². The Morgan fingerprint density at radius 2 is 1.90 bits per heavy atom. The number of esters is 2. The van der Waals surface area contributed by atoms with E-state index in [1.54, 1.807) is 22.5 Å². The van der Waals surface area contributed by atoms with Gasteiger partial charge in [0.15, 0.2) is 6.61 Å². The maximum atomic E-state index is 12.5. The first-order chi connectivity index (χ1) is 15.0. The van der Waals surface area contributed by atoms with Gasteiger partial charge in [0, 0.05) is 26.1 Å². The van der Waals surface area contributed by atoms with Crippen LogP contribution in [0.3, 0.4) is 0 Å². The fourth-order valence-corrected chi connectivity index (χ4v) is 4.14. The Hall–Kier alpha value is -3.23. The quantitative estimate of drug-likeness (QED) is 0.662. The fraction of sp³-hybridized carbons (Fsp3) is 0.500. The SMILES string of the molecule is CCOC(=O)C1CCN(C(=O)COC(=O)c2ccc3c(=O)n4c(nc3c2)CCC4)CC1. The van der Waals surface area contributed by atoms with E-state index in [-0.39, 0.29) is 35.5 Å². The summed E-state index contributed by atoms with van der Waals surface area (Å²) in [6.07, 6.45) is 2.69. The molecule has 1 aromatic carbocycles. The number of ether oxygens (including phenoxy) is 2. The van der Waals surface area contributed by atoms with Crippen LogP contribution in [-0.2, 0) is 32.0 Å². The molecule has 0 bridgehead atoms.